The average molecular weight is 572 g/mol. The van der Waals surface area contributed by atoms with Gasteiger partial charge in [0.25, 0.3) is 0 Å². The average Bonchev–Trinajstić information content (AvgIpc) is 3.75. The van der Waals surface area contributed by atoms with E-state index in [1.165, 1.54) is 0 Å². The van der Waals surface area contributed by atoms with E-state index < -0.39 is 31.1 Å². The molecule has 1 saturated carbocycles. The molecular formula is C28H31F2N5O4S. The molecule has 2 amide bonds. The number of ether oxygens (including phenoxy) is 1. The molecule has 2 N–H and O–H groups in total. The van der Waals surface area contributed by atoms with Gasteiger partial charge < -0.3 is 20.3 Å². The number of carbonyl (C=O) groups is 1. The Bertz CT molecular complexity index is 1490. The van der Waals surface area contributed by atoms with Gasteiger partial charge in [0, 0.05) is 36.5 Å². The van der Waals surface area contributed by atoms with Crippen molar-refractivity contribution in [1.82, 2.24) is 15.3 Å². The maximum Gasteiger partial charge on any atom is 0.319 e. The van der Waals surface area contributed by atoms with Gasteiger partial charge in [-0.3, -0.25) is 0 Å². The Balaban J connectivity index is 1.55. The lowest BCUT2D eigenvalue weighted by Crippen LogP contribution is -2.44. The van der Waals surface area contributed by atoms with Crippen LogP contribution in [-0.2, 0) is 19.3 Å². The molecule has 2 heterocycles. The van der Waals surface area contributed by atoms with Gasteiger partial charge in [0.05, 0.1) is 29.8 Å². The summed E-state index contributed by atoms with van der Waals surface area (Å²) in [6.07, 6.45) is 1.34. The van der Waals surface area contributed by atoms with E-state index in [1.807, 2.05) is 18.7 Å². The molecule has 0 radical (unpaired) electrons. The molecule has 12 heteroatoms. The van der Waals surface area contributed by atoms with Gasteiger partial charge >= 0.3 is 6.03 Å². The molecule has 1 atom stereocenters. The third kappa shape index (κ3) is 5.50. The fourth-order valence-corrected chi connectivity index (χ4v) is 6.82. The molecule has 1 aliphatic heterocycles. The molecular weight excluding hydrogens is 540 g/mol. The quantitative estimate of drug-likeness (QED) is 0.405. The van der Waals surface area contributed by atoms with Gasteiger partial charge in [-0.2, -0.15) is 0 Å². The maximum atomic E-state index is 14.0. The Labute approximate surface area is 231 Å². The number of nitrogens with zero attached hydrogens (tertiary/aromatic N) is 3. The number of halogens is 2. The van der Waals surface area contributed by atoms with Gasteiger partial charge in [-0.15, -0.1) is 0 Å². The smallest absolute Gasteiger partial charge is 0.319 e. The zero-order valence-electron chi connectivity index (χ0n) is 22.3. The largest absolute Gasteiger partial charge is 0.377 e. The Kier molecular flexibility index (Phi) is 7.74. The van der Waals surface area contributed by atoms with Crippen LogP contribution in [0.15, 0.2) is 53.4 Å². The first-order chi connectivity index (χ1) is 19.1. The summed E-state index contributed by atoms with van der Waals surface area (Å²) in [6.45, 7) is 6.04. The number of amides is 2. The summed E-state index contributed by atoms with van der Waals surface area (Å²) in [7, 11) is -4.18. The fourth-order valence-electron chi connectivity index (χ4n) is 4.81. The van der Waals surface area contributed by atoms with Crippen molar-refractivity contribution in [3.8, 4) is 11.4 Å². The van der Waals surface area contributed by atoms with Crippen LogP contribution in [0.2, 0.25) is 0 Å². The highest BCUT2D eigenvalue weighted by Crippen LogP contribution is 2.55. The number of benzene rings is 2. The van der Waals surface area contributed by atoms with Crippen LogP contribution < -0.4 is 15.5 Å². The van der Waals surface area contributed by atoms with Crippen molar-refractivity contribution in [2.75, 3.05) is 36.5 Å². The number of sulfone groups is 1. The van der Waals surface area contributed by atoms with Gasteiger partial charge in [-0.25, -0.2) is 32.0 Å². The van der Waals surface area contributed by atoms with Crippen molar-refractivity contribution < 1.29 is 26.7 Å². The van der Waals surface area contributed by atoms with Crippen LogP contribution in [0.5, 0.6) is 0 Å². The molecule has 40 heavy (non-hydrogen) atoms. The summed E-state index contributed by atoms with van der Waals surface area (Å²) in [4.78, 5) is 23.1. The molecule has 1 saturated heterocycles. The van der Waals surface area contributed by atoms with Gasteiger partial charge in [0.15, 0.2) is 15.7 Å². The summed E-state index contributed by atoms with van der Waals surface area (Å²) in [5, 5.41) is 5.51. The number of morpholine rings is 1. The van der Waals surface area contributed by atoms with Crippen LogP contribution in [0.4, 0.5) is 25.1 Å². The zero-order valence-corrected chi connectivity index (χ0v) is 23.1. The summed E-state index contributed by atoms with van der Waals surface area (Å²) >= 11 is 0. The van der Waals surface area contributed by atoms with Gasteiger partial charge in [-0.05, 0) is 62.6 Å². The summed E-state index contributed by atoms with van der Waals surface area (Å²) < 4.78 is 59.7. The van der Waals surface area contributed by atoms with Gasteiger partial charge in [-0.1, -0.05) is 6.92 Å². The van der Waals surface area contributed by atoms with E-state index in [9.17, 15) is 22.0 Å². The molecule has 5 rings (SSSR count). The van der Waals surface area contributed by atoms with Gasteiger partial charge in [0.2, 0.25) is 0 Å². The van der Waals surface area contributed by atoms with Crippen molar-refractivity contribution in [3.05, 3.63) is 65.9 Å². The molecule has 2 fully saturated rings. The molecule has 2 aromatic carbocycles. The number of urea groups is 1. The summed E-state index contributed by atoms with van der Waals surface area (Å²) in [5.41, 5.74) is 1.47. The Morgan fingerprint density at radius 2 is 1.80 bits per heavy atom. The molecule has 0 spiro atoms. The number of aromatic nitrogens is 2. The number of carbonyl (C=O) groups excluding carboxylic acids is 1. The van der Waals surface area contributed by atoms with Crippen LogP contribution in [0.25, 0.3) is 11.4 Å². The zero-order chi connectivity index (χ0) is 28.5. The lowest BCUT2D eigenvalue weighted by Gasteiger charge is -2.34. The first-order valence-corrected chi connectivity index (χ1v) is 14.7. The molecule has 9 nitrogen and oxygen atoms in total. The number of nitrogens with one attached hydrogen (secondary N) is 2. The lowest BCUT2D eigenvalue weighted by molar-refractivity contribution is 0.0985. The van der Waals surface area contributed by atoms with E-state index >= 15 is 0 Å². The highest BCUT2D eigenvalue weighted by Gasteiger charge is 2.58. The topological polar surface area (TPSA) is 114 Å². The fraction of sp³-hybridized carbons (Fsp3) is 0.393. The van der Waals surface area contributed by atoms with Crippen LogP contribution in [0.3, 0.4) is 0 Å². The highest BCUT2D eigenvalue weighted by molar-refractivity contribution is 7.92. The van der Waals surface area contributed by atoms with E-state index in [1.54, 1.807) is 30.3 Å². The molecule has 1 aliphatic carbocycles. The first-order valence-electron chi connectivity index (χ1n) is 13.2. The molecule has 0 bridgehead atoms. The third-order valence-corrected chi connectivity index (χ3v) is 9.65. The van der Waals surface area contributed by atoms with E-state index in [0.29, 0.717) is 55.3 Å². The van der Waals surface area contributed by atoms with Crippen LogP contribution >= 0.6 is 0 Å². The minimum Gasteiger partial charge on any atom is -0.377 e. The number of hydrogen-bond acceptors (Lipinski definition) is 7. The Hall–Kier alpha value is -3.64. The van der Waals surface area contributed by atoms with Crippen molar-refractivity contribution in [2.24, 2.45) is 0 Å². The van der Waals surface area contributed by atoms with Gasteiger partial charge in [0.1, 0.15) is 22.2 Å². The van der Waals surface area contributed by atoms with Crippen molar-refractivity contribution in [2.45, 2.75) is 48.8 Å². The molecule has 212 valence electrons. The van der Waals surface area contributed by atoms with E-state index in [0.717, 1.165) is 18.6 Å². The number of rotatable bonds is 8. The van der Waals surface area contributed by atoms with Crippen LogP contribution in [-0.4, -0.2) is 56.8 Å². The SMILES string of the molecule is CCCNC(=O)Nc1ccc(-c2nc(N3CCOC[C@@H]3C)cc(C3(S(=O)(=O)c4cc(F)cc(F)c4)CC3)n2)cc1. The summed E-state index contributed by atoms with van der Waals surface area (Å²) in [5.74, 6) is -1.07. The minimum atomic E-state index is -4.18. The molecule has 2 aliphatic rings. The normalized spacial score (nSPS) is 18.3. The number of anilines is 2. The second-order valence-electron chi connectivity index (χ2n) is 10.1. The monoisotopic (exact) mass is 571 g/mol. The van der Waals surface area contributed by atoms with E-state index in [4.69, 9.17) is 14.7 Å². The van der Waals surface area contributed by atoms with E-state index in [2.05, 4.69) is 10.6 Å². The lowest BCUT2D eigenvalue weighted by atomic mass is 10.1. The molecule has 0 unspecified atom stereocenters. The minimum absolute atomic E-state index is 0.0124. The van der Waals surface area contributed by atoms with Crippen LogP contribution in [0, 0.1) is 11.6 Å². The number of hydrogen-bond donors (Lipinski definition) is 2. The van der Waals surface area contributed by atoms with Crippen molar-refractivity contribution in [1.29, 1.82) is 0 Å². The first kappa shape index (κ1) is 27.9. The molecule has 1 aromatic heterocycles. The third-order valence-electron chi connectivity index (χ3n) is 7.14. The predicted octanol–water partition coefficient (Wildman–Crippen LogP) is 4.64. The van der Waals surface area contributed by atoms with Crippen molar-refractivity contribution in [3.63, 3.8) is 0 Å². The van der Waals surface area contributed by atoms with E-state index in [-0.39, 0.29) is 30.6 Å². The van der Waals surface area contributed by atoms with Crippen molar-refractivity contribution >= 4 is 27.4 Å². The molecule has 3 aromatic rings. The Morgan fingerprint density at radius 3 is 2.42 bits per heavy atom. The standard InChI is InChI=1S/C28H31F2N5O4S/c1-3-10-31-27(36)32-22-6-4-19(5-7-22)26-33-24(16-25(34-26)35-11-12-39-17-18(35)2)28(8-9-28)40(37,38)23-14-20(29)13-21(30)15-23/h4-7,13-16,18H,3,8-12,17H2,1-2H3,(H2,31,32,36)/t18-/m0/s1. The maximum absolute atomic E-state index is 14.0. The predicted molar refractivity (Wildman–Crippen MR) is 147 cm³/mol. The Morgan fingerprint density at radius 1 is 1.10 bits per heavy atom. The summed E-state index contributed by atoms with van der Waals surface area (Å²) in [6, 6.07) is 10.6. The van der Waals surface area contributed by atoms with Crippen LogP contribution in [0.1, 0.15) is 38.8 Å². The highest BCUT2D eigenvalue weighted by atomic mass is 32.2. The second kappa shape index (κ2) is 11.1. The second-order valence-corrected chi connectivity index (χ2v) is 12.4.